The van der Waals surface area contributed by atoms with Crippen LogP contribution in [0.25, 0.3) is 0 Å². The Morgan fingerprint density at radius 2 is 1.95 bits per heavy atom. The first-order valence-electron chi connectivity index (χ1n) is 6.41. The van der Waals surface area contributed by atoms with Crippen molar-refractivity contribution < 1.29 is 5.11 Å². The summed E-state index contributed by atoms with van der Waals surface area (Å²) in [5.41, 5.74) is 9.12. The van der Waals surface area contributed by atoms with Gasteiger partial charge in [0.2, 0.25) is 0 Å². The van der Waals surface area contributed by atoms with Gasteiger partial charge in [-0.2, -0.15) is 0 Å². The van der Waals surface area contributed by atoms with Crippen LogP contribution in [0.4, 0.5) is 5.69 Å². The van der Waals surface area contributed by atoms with E-state index in [1.54, 1.807) is 25.1 Å². The Balaban J connectivity index is 2.52. The Kier molecular flexibility index (Phi) is 4.77. The second-order valence-electron chi connectivity index (χ2n) is 4.64. The molecule has 4 heteroatoms. The average Bonchev–Trinajstić information content (AvgIpc) is 2.43. The first-order chi connectivity index (χ1) is 9.58. The van der Waals surface area contributed by atoms with E-state index in [9.17, 15) is 5.11 Å². The third kappa shape index (κ3) is 3.59. The predicted molar refractivity (Wildman–Crippen MR) is 84.5 cm³/mol. The van der Waals surface area contributed by atoms with Crippen LogP contribution in [-0.2, 0) is 0 Å². The highest BCUT2D eigenvalue weighted by Crippen LogP contribution is 2.22. The van der Waals surface area contributed by atoms with Crippen LogP contribution < -0.4 is 5.73 Å². The van der Waals surface area contributed by atoms with E-state index in [-0.39, 0.29) is 0 Å². The monoisotopic (exact) mass is 288 g/mol. The van der Waals surface area contributed by atoms with Gasteiger partial charge >= 0.3 is 0 Å². The summed E-state index contributed by atoms with van der Waals surface area (Å²) in [5, 5.41) is 10.1. The molecule has 0 heterocycles. The molecule has 0 aliphatic carbocycles. The van der Waals surface area contributed by atoms with Crippen LogP contribution in [-0.4, -0.2) is 23.5 Å². The van der Waals surface area contributed by atoms with Crippen molar-refractivity contribution in [3.05, 3.63) is 64.7 Å². The van der Waals surface area contributed by atoms with Crippen LogP contribution >= 0.6 is 11.6 Å². The van der Waals surface area contributed by atoms with Crippen LogP contribution in [0.1, 0.15) is 18.1 Å². The molecule has 1 atom stereocenters. The number of aliphatic hydroxyl groups is 1. The maximum absolute atomic E-state index is 9.45. The molecule has 104 valence electrons. The fraction of sp³-hybridized carbons (Fsp3) is 0.188. The van der Waals surface area contributed by atoms with Gasteiger partial charge in [0.15, 0.2) is 0 Å². The summed E-state index contributed by atoms with van der Waals surface area (Å²) >= 11 is 6.05. The van der Waals surface area contributed by atoms with E-state index in [1.807, 2.05) is 30.3 Å². The van der Waals surface area contributed by atoms with E-state index in [2.05, 4.69) is 4.99 Å². The Bertz CT molecular complexity index is 609. The lowest BCUT2D eigenvalue weighted by Gasteiger charge is -2.11. The van der Waals surface area contributed by atoms with E-state index >= 15 is 0 Å². The highest BCUT2D eigenvalue weighted by Gasteiger charge is 2.11. The number of nitrogen functional groups attached to an aromatic ring is 1. The molecule has 3 nitrogen and oxygen atoms in total. The predicted octanol–water partition coefficient (Wildman–Crippen LogP) is 3.14. The van der Waals surface area contributed by atoms with Crippen LogP contribution in [0.2, 0.25) is 5.02 Å². The quantitative estimate of drug-likeness (QED) is 0.671. The van der Waals surface area contributed by atoms with Crippen molar-refractivity contribution >= 4 is 23.0 Å². The lowest BCUT2D eigenvalue weighted by molar-refractivity contribution is 0.204. The molecule has 0 amide bonds. The number of nitrogens with zero attached hydrogens (tertiary/aromatic N) is 1. The summed E-state index contributed by atoms with van der Waals surface area (Å²) in [5.74, 6) is 0. The Morgan fingerprint density at radius 1 is 1.25 bits per heavy atom. The zero-order chi connectivity index (χ0) is 14.5. The number of anilines is 1. The fourth-order valence-corrected chi connectivity index (χ4v) is 2.06. The van der Waals surface area contributed by atoms with Crippen molar-refractivity contribution in [1.82, 2.24) is 0 Å². The van der Waals surface area contributed by atoms with Gasteiger partial charge in [-0.1, -0.05) is 41.9 Å². The molecule has 0 aliphatic rings. The molecular weight excluding hydrogens is 272 g/mol. The standard InChI is InChI=1S/C16H17ClN2O/c1-11(20)10-19-16(12-5-3-2-4-6-12)14-9-13(17)7-8-15(14)18/h2-9,11,20H,10,18H2,1H3. The smallest absolute Gasteiger partial charge is 0.0741 e. The van der Waals surface area contributed by atoms with Gasteiger partial charge in [-0.25, -0.2) is 0 Å². The highest BCUT2D eigenvalue weighted by molar-refractivity contribution is 6.31. The molecule has 3 N–H and O–H groups in total. The van der Waals surface area contributed by atoms with Crippen molar-refractivity contribution in [3.63, 3.8) is 0 Å². The zero-order valence-electron chi connectivity index (χ0n) is 11.3. The summed E-state index contributed by atoms with van der Waals surface area (Å²) in [6.45, 7) is 2.02. The summed E-state index contributed by atoms with van der Waals surface area (Å²) in [6.07, 6.45) is -0.505. The number of hydrogen-bond donors (Lipinski definition) is 2. The molecule has 0 saturated carbocycles. The van der Waals surface area contributed by atoms with Crippen LogP contribution in [0.15, 0.2) is 53.5 Å². The van der Waals surface area contributed by atoms with Crippen molar-refractivity contribution in [2.75, 3.05) is 12.3 Å². The normalized spacial score (nSPS) is 13.2. The van der Waals surface area contributed by atoms with Gasteiger partial charge in [0.25, 0.3) is 0 Å². The highest BCUT2D eigenvalue weighted by atomic mass is 35.5. The first-order valence-corrected chi connectivity index (χ1v) is 6.79. The molecule has 2 aromatic rings. The Labute approximate surface area is 123 Å². The topological polar surface area (TPSA) is 58.6 Å². The maximum Gasteiger partial charge on any atom is 0.0741 e. The van der Waals surface area contributed by atoms with Gasteiger partial charge in [-0.15, -0.1) is 0 Å². The number of aliphatic imine (C=N–C) groups is 1. The molecule has 0 aliphatic heterocycles. The molecule has 2 aromatic carbocycles. The fourth-order valence-electron chi connectivity index (χ4n) is 1.88. The molecule has 0 aromatic heterocycles. The molecule has 20 heavy (non-hydrogen) atoms. The third-order valence-corrected chi connectivity index (χ3v) is 3.07. The van der Waals surface area contributed by atoms with Gasteiger partial charge < -0.3 is 10.8 Å². The number of nitrogens with two attached hydrogens (primary N) is 1. The van der Waals surface area contributed by atoms with Crippen molar-refractivity contribution in [1.29, 1.82) is 0 Å². The molecule has 0 saturated heterocycles. The van der Waals surface area contributed by atoms with Crippen molar-refractivity contribution in [2.24, 2.45) is 4.99 Å². The summed E-state index contributed by atoms with van der Waals surface area (Å²) in [7, 11) is 0. The molecule has 1 unspecified atom stereocenters. The Morgan fingerprint density at radius 3 is 2.60 bits per heavy atom. The summed E-state index contributed by atoms with van der Waals surface area (Å²) in [6, 6.07) is 15.0. The lowest BCUT2D eigenvalue weighted by Crippen LogP contribution is -2.12. The largest absolute Gasteiger partial charge is 0.398 e. The van der Waals surface area contributed by atoms with Gasteiger partial charge in [-0.05, 0) is 25.1 Å². The second kappa shape index (κ2) is 6.55. The molecule has 0 spiro atoms. The van der Waals surface area contributed by atoms with Crippen LogP contribution in [0.5, 0.6) is 0 Å². The molecule has 0 bridgehead atoms. The number of rotatable bonds is 4. The van der Waals surface area contributed by atoms with E-state index in [4.69, 9.17) is 17.3 Å². The van der Waals surface area contributed by atoms with Gasteiger partial charge in [0.05, 0.1) is 18.4 Å². The van der Waals surface area contributed by atoms with Gasteiger partial charge in [-0.3, -0.25) is 4.99 Å². The number of aliphatic hydroxyl groups excluding tert-OH is 1. The second-order valence-corrected chi connectivity index (χ2v) is 5.07. The van der Waals surface area contributed by atoms with Gasteiger partial charge in [0.1, 0.15) is 0 Å². The van der Waals surface area contributed by atoms with E-state index < -0.39 is 6.10 Å². The minimum absolute atomic E-state index is 0.316. The molecule has 0 radical (unpaired) electrons. The lowest BCUT2D eigenvalue weighted by atomic mass is 10.0. The SMILES string of the molecule is CC(O)CN=C(c1ccccc1)c1cc(Cl)ccc1N. The summed E-state index contributed by atoms with van der Waals surface area (Å²) in [4.78, 5) is 4.49. The van der Waals surface area contributed by atoms with E-state index in [0.717, 1.165) is 16.8 Å². The molecular formula is C16H17ClN2O. The minimum atomic E-state index is -0.505. The van der Waals surface area contributed by atoms with Crippen LogP contribution in [0, 0.1) is 0 Å². The number of benzene rings is 2. The van der Waals surface area contributed by atoms with Crippen molar-refractivity contribution in [2.45, 2.75) is 13.0 Å². The van der Waals surface area contributed by atoms with Crippen LogP contribution in [0.3, 0.4) is 0 Å². The third-order valence-electron chi connectivity index (χ3n) is 2.83. The molecule has 0 fully saturated rings. The summed E-state index contributed by atoms with van der Waals surface area (Å²) < 4.78 is 0. The first kappa shape index (κ1) is 14.6. The average molecular weight is 289 g/mol. The minimum Gasteiger partial charge on any atom is -0.398 e. The van der Waals surface area contributed by atoms with E-state index in [0.29, 0.717) is 17.3 Å². The molecule has 2 rings (SSSR count). The number of halogens is 1. The maximum atomic E-state index is 9.45. The number of hydrogen-bond acceptors (Lipinski definition) is 3. The van der Waals surface area contributed by atoms with E-state index in [1.165, 1.54) is 0 Å². The zero-order valence-corrected chi connectivity index (χ0v) is 12.0. The Hall–Kier alpha value is -1.84. The van der Waals surface area contributed by atoms with Crippen molar-refractivity contribution in [3.8, 4) is 0 Å². The van der Waals surface area contributed by atoms with Gasteiger partial charge in [0, 0.05) is 21.8 Å².